The average Bonchev–Trinajstić information content (AvgIpc) is 2.68. The van der Waals surface area contributed by atoms with Crippen LogP contribution in [0.25, 0.3) is 0 Å². The van der Waals surface area contributed by atoms with Crippen molar-refractivity contribution in [3.8, 4) is 5.75 Å². The minimum Gasteiger partial charge on any atom is -0.483 e. The number of halogens is 1. The first-order valence-corrected chi connectivity index (χ1v) is 10.9. The number of carbonyl (C=O) groups is 2. The first-order valence-electron chi connectivity index (χ1n) is 10.6. The van der Waals surface area contributed by atoms with E-state index >= 15 is 0 Å². The van der Waals surface area contributed by atoms with Crippen molar-refractivity contribution < 1.29 is 14.3 Å². The summed E-state index contributed by atoms with van der Waals surface area (Å²) in [7, 11) is 0. The SMILES string of the molecule is CC[C@@H](C(=O)NC(C)(C)C)N(Cc1ccccc1Cl)C(=O)COc1cccc(C)c1C. The fraction of sp³-hybridized carbons (Fsp3) is 0.440. The van der Waals surface area contributed by atoms with E-state index in [9.17, 15) is 9.59 Å². The number of hydrogen-bond acceptors (Lipinski definition) is 3. The molecule has 0 bridgehead atoms. The van der Waals surface area contributed by atoms with Gasteiger partial charge in [0, 0.05) is 17.1 Å². The van der Waals surface area contributed by atoms with Crippen molar-refractivity contribution in [1.29, 1.82) is 0 Å². The second-order valence-corrected chi connectivity index (χ2v) is 9.17. The first kappa shape index (κ1) is 24.7. The molecule has 0 unspecified atom stereocenters. The average molecular weight is 445 g/mol. The Hall–Kier alpha value is -2.53. The van der Waals surface area contributed by atoms with E-state index in [-0.39, 0.29) is 25.0 Å². The fourth-order valence-electron chi connectivity index (χ4n) is 3.29. The van der Waals surface area contributed by atoms with Crippen LogP contribution in [-0.2, 0) is 16.1 Å². The molecule has 5 nitrogen and oxygen atoms in total. The van der Waals surface area contributed by atoms with Crippen LogP contribution in [0.1, 0.15) is 50.8 Å². The summed E-state index contributed by atoms with van der Waals surface area (Å²) in [5.74, 6) is 0.206. The Morgan fingerprint density at radius 1 is 1.10 bits per heavy atom. The highest BCUT2D eigenvalue weighted by atomic mass is 35.5. The molecule has 2 rings (SSSR count). The van der Waals surface area contributed by atoms with Crippen LogP contribution in [0.3, 0.4) is 0 Å². The zero-order chi connectivity index (χ0) is 23.2. The molecule has 31 heavy (non-hydrogen) atoms. The van der Waals surface area contributed by atoms with Crippen LogP contribution in [0.2, 0.25) is 5.02 Å². The summed E-state index contributed by atoms with van der Waals surface area (Å²) >= 11 is 6.35. The van der Waals surface area contributed by atoms with Crippen molar-refractivity contribution in [3.05, 3.63) is 64.2 Å². The summed E-state index contributed by atoms with van der Waals surface area (Å²) in [6.07, 6.45) is 0.474. The van der Waals surface area contributed by atoms with Gasteiger partial charge in [-0.3, -0.25) is 9.59 Å². The molecular formula is C25H33ClN2O3. The van der Waals surface area contributed by atoms with Gasteiger partial charge in [-0.25, -0.2) is 0 Å². The Labute approximate surface area is 190 Å². The molecule has 6 heteroatoms. The second kappa shape index (κ2) is 10.7. The lowest BCUT2D eigenvalue weighted by Gasteiger charge is -2.33. The number of aryl methyl sites for hydroxylation is 1. The molecule has 2 amide bonds. The minimum absolute atomic E-state index is 0.159. The van der Waals surface area contributed by atoms with Gasteiger partial charge in [0.05, 0.1) is 0 Å². The van der Waals surface area contributed by atoms with Crippen LogP contribution in [0, 0.1) is 13.8 Å². The van der Waals surface area contributed by atoms with E-state index in [0.717, 1.165) is 16.7 Å². The van der Waals surface area contributed by atoms with Crippen LogP contribution in [-0.4, -0.2) is 34.9 Å². The Kier molecular flexibility index (Phi) is 8.52. The summed E-state index contributed by atoms with van der Waals surface area (Å²) in [4.78, 5) is 27.8. The Balaban J connectivity index is 2.28. The summed E-state index contributed by atoms with van der Waals surface area (Å²) in [5.41, 5.74) is 2.46. The molecular weight excluding hydrogens is 412 g/mol. The monoisotopic (exact) mass is 444 g/mol. The van der Waals surface area contributed by atoms with E-state index < -0.39 is 11.6 Å². The molecule has 1 atom stereocenters. The highest BCUT2D eigenvalue weighted by Gasteiger charge is 2.31. The number of carbonyl (C=O) groups excluding carboxylic acids is 2. The standard InChI is InChI=1S/C25H33ClN2O3/c1-7-21(24(30)27-25(4,5)6)28(15-19-12-8-9-13-20(19)26)23(29)16-31-22-14-10-11-17(2)18(22)3/h8-14,21H,7,15-16H2,1-6H3,(H,27,30)/t21-/m0/s1. The predicted octanol–water partition coefficient (Wildman–Crippen LogP) is 5.06. The predicted molar refractivity (Wildman–Crippen MR) is 125 cm³/mol. The number of benzene rings is 2. The molecule has 0 aliphatic heterocycles. The molecule has 0 spiro atoms. The lowest BCUT2D eigenvalue weighted by molar-refractivity contribution is -0.143. The van der Waals surface area contributed by atoms with Crippen LogP contribution in [0.5, 0.6) is 5.75 Å². The first-order chi connectivity index (χ1) is 14.5. The third kappa shape index (κ3) is 7.00. The maximum atomic E-state index is 13.3. The van der Waals surface area contributed by atoms with Gasteiger partial charge in [-0.15, -0.1) is 0 Å². The highest BCUT2D eigenvalue weighted by molar-refractivity contribution is 6.31. The summed E-state index contributed by atoms with van der Waals surface area (Å²) in [6.45, 7) is 11.7. The van der Waals surface area contributed by atoms with Crippen molar-refractivity contribution in [1.82, 2.24) is 10.2 Å². The van der Waals surface area contributed by atoms with Gasteiger partial charge in [0.15, 0.2) is 6.61 Å². The van der Waals surface area contributed by atoms with Crippen molar-refractivity contribution in [2.75, 3.05) is 6.61 Å². The number of ether oxygens (including phenoxy) is 1. The molecule has 0 aromatic heterocycles. The molecule has 2 aromatic rings. The Morgan fingerprint density at radius 2 is 1.77 bits per heavy atom. The van der Waals surface area contributed by atoms with E-state index in [1.807, 2.05) is 77.9 Å². The molecule has 168 valence electrons. The molecule has 0 aliphatic rings. The number of nitrogens with zero attached hydrogens (tertiary/aromatic N) is 1. The topological polar surface area (TPSA) is 58.6 Å². The van der Waals surface area contributed by atoms with Crippen molar-refractivity contribution in [2.24, 2.45) is 0 Å². The quantitative estimate of drug-likeness (QED) is 0.619. The summed E-state index contributed by atoms with van der Waals surface area (Å²) < 4.78 is 5.85. The third-order valence-electron chi connectivity index (χ3n) is 5.09. The van der Waals surface area contributed by atoms with Crippen LogP contribution >= 0.6 is 11.6 Å². The minimum atomic E-state index is -0.634. The van der Waals surface area contributed by atoms with Gasteiger partial charge < -0.3 is 15.0 Å². The summed E-state index contributed by atoms with van der Waals surface area (Å²) in [6, 6.07) is 12.5. The highest BCUT2D eigenvalue weighted by Crippen LogP contribution is 2.22. The maximum absolute atomic E-state index is 13.3. The van der Waals surface area contributed by atoms with Crippen LogP contribution in [0.4, 0.5) is 0 Å². The molecule has 2 aromatic carbocycles. The van der Waals surface area contributed by atoms with Crippen molar-refractivity contribution >= 4 is 23.4 Å². The van der Waals surface area contributed by atoms with E-state index in [1.54, 1.807) is 11.0 Å². The molecule has 1 N–H and O–H groups in total. The molecule has 0 saturated carbocycles. The second-order valence-electron chi connectivity index (χ2n) is 8.76. The lowest BCUT2D eigenvalue weighted by atomic mass is 10.1. The normalized spacial score (nSPS) is 12.2. The van der Waals surface area contributed by atoms with Crippen molar-refractivity contribution in [2.45, 2.75) is 66.1 Å². The Morgan fingerprint density at radius 3 is 2.39 bits per heavy atom. The molecule has 0 heterocycles. The zero-order valence-electron chi connectivity index (χ0n) is 19.3. The van der Waals surface area contributed by atoms with Crippen LogP contribution in [0.15, 0.2) is 42.5 Å². The van der Waals surface area contributed by atoms with Gasteiger partial charge in [-0.05, 0) is 69.9 Å². The maximum Gasteiger partial charge on any atom is 0.261 e. The molecule has 0 saturated heterocycles. The van der Waals surface area contributed by atoms with Crippen molar-refractivity contribution in [3.63, 3.8) is 0 Å². The molecule has 0 aliphatic carbocycles. The van der Waals surface area contributed by atoms with Gasteiger partial charge in [0.25, 0.3) is 5.91 Å². The molecule has 0 radical (unpaired) electrons. The molecule has 0 fully saturated rings. The van der Waals surface area contributed by atoms with E-state index in [0.29, 0.717) is 17.2 Å². The van der Waals surface area contributed by atoms with Gasteiger partial charge in [-0.2, -0.15) is 0 Å². The van der Waals surface area contributed by atoms with Gasteiger partial charge in [0.2, 0.25) is 5.91 Å². The van der Waals surface area contributed by atoms with E-state index in [1.165, 1.54) is 0 Å². The zero-order valence-corrected chi connectivity index (χ0v) is 20.0. The number of hydrogen-bond donors (Lipinski definition) is 1. The van der Waals surface area contributed by atoms with E-state index in [2.05, 4.69) is 5.32 Å². The number of nitrogens with one attached hydrogen (secondary N) is 1. The third-order valence-corrected chi connectivity index (χ3v) is 5.46. The summed E-state index contributed by atoms with van der Waals surface area (Å²) in [5, 5.41) is 3.55. The van der Waals surface area contributed by atoms with Gasteiger partial charge in [-0.1, -0.05) is 48.9 Å². The van der Waals surface area contributed by atoms with Gasteiger partial charge >= 0.3 is 0 Å². The smallest absolute Gasteiger partial charge is 0.261 e. The lowest BCUT2D eigenvalue weighted by Crippen LogP contribution is -2.54. The number of amides is 2. The van der Waals surface area contributed by atoms with Gasteiger partial charge in [0.1, 0.15) is 11.8 Å². The van der Waals surface area contributed by atoms with Crippen LogP contribution < -0.4 is 10.1 Å². The van der Waals surface area contributed by atoms with E-state index in [4.69, 9.17) is 16.3 Å². The Bertz CT molecular complexity index is 921. The number of rotatable bonds is 8. The largest absolute Gasteiger partial charge is 0.483 e. The fourth-order valence-corrected chi connectivity index (χ4v) is 3.48.